The third kappa shape index (κ3) is 2.02. The molecule has 0 spiro atoms. The molecule has 0 saturated carbocycles. The van der Waals surface area contributed by atoms with Crippen LogP contribution in [0.15, 0.2) is 53.4 Å². The summed E-state index contributed by atoms with van der Waals surface area (Å²) in [7, 11) is -1.53. The van der Waals surface area contributed by atoms with Gasteiger partial charge in [0, 0.05) is 5.92 Å². The number of ether oxygens (including phenoxy) is 1. The van der Waals surface area contributed by atoms with Crippen molar-refractivity contribution in [1.82, 2.24) is 0 Å². The van der Waals surface area contributed by atoms with Crippen molar-refractivity contribution in [3.05, 3.63) is 59.7 Å². The van der Waals surface area contributed by atoms with Gasteiger partial charge in [-0.25, -0.2) is 8.42 Å². The number of hydrogen-bond donors (Lipinski definition) is 0. The Morgan fingerprint density at radius 3 is 2.42 bits per heavy atom. The number of benzene rings is 2. The van der Waals surface area contributed by atoms with Gasteiger partial charge in [-0.3, -0.25) is 0 Å². The third-order valence-corrected chi connectivity index (χ3v) is 5.35. The summed E-state index contributed by atoms with van der Waals surface area (Å²) >= 11 is 0. The van der Waals surface area contributed by atoms with Crippen molar-refractivity contribution in [3.8, 4) is 5.75 Å². The molecule has 0 amide bonds. The lowest BCUT2D eigenvalue weighted by Gasteiger charge is -2.11. The highest BCUT2D eigenvalue weighted by molar-refractivity contribution is 7.91. The van der Waals surface area contributed by atoms with E-state index in [1.165, 1.54) is 0 Å². The van der Waals surface area contributed by atoms with Gasteiger partial charge in [0.2, 0.25) is 0 Å². The molecule has 4 heteroatoms. The lowest BCUT2D eigenvalue weighted by molar-refractivity contribution is 0.414. The fraction of sp³-hybridized carbons (Fsp3) is 0.200. The molecule has 0 radical (unpaired) electrons. The first-order valence-corrected chi connectivity index (χ1v) is 7.73. The van der Waals surface area contributed by atoms with Gasteiger partial charge >= 0.3 is 0 Å². The van der Waals surface area contributed by atoms with Gasteiger partial charge in [-0.15, -0.1) is 0 Å². The number of hydrogen-bond acceptors (Lipinski definition) is 3. The Hall–Kier alpha value is -1.81. The zero-order chi connectivity index (χ0) is 13.5. The molecule has 2 aromatic carbocycles. The standard InChI is InChI=1S/C15H14O3S/c1-18-12-8-6-11(7-9-12)14-10-19(16,17)15-5-3-2-4-13(14)15/h2-9,14H,10H2,1H3. The Labute approximate surface area is 112 Å². The predicted octanol–water partition coefficient (Wildman–Crippen LogP) is 2.61. The Kier molecular flexibility index (Phi) is 2.82. The summed E-state index contributed by atoms with van der Waals surface area (Å²) in [4.78, 5) is 0.468. The average Bonchev–Trinajstić information content (AvgIpc) is 2.72. The monoisotopic (exact) mass is 274 g/mol. The van der Waals surface area contributed by atoms with E-state index < -0.39 is 9.84 Å². The zero-order valence-corrected chi connectivity index (χ0v) is 11.4. The highest BCUT2D eigenvalue weighted by atomic mass is 32.2. The molecule has 1 aliphatic rings. The number of methoxy groups -OCH3 is 1. The molecule has 1 unspecified atom stereocenters. The summed E-state index contributed by atoms with van der Waals surface area (Å²) in [6.07, 6.45) is 0. The van der Waals surface area contributed by atoms with Crippen LogP contribution >= 0.6 is 0 Å². The molecular formula is C15H14O3S. The predicted molar refractivity (Wildman–Crippen MR) is 73.3 cm³/mol. The van der Waals surface area contributed by atoms with Gasteiger partial charge in [0.05, 0.1) is 17.8 Å². The lowest BCUT2D eigenvalue weighted by Crippen LogP contribution is -2.04. The highest BCUT2D eigenvalue weighted by Crippen LogP contribution is 2.39. The number of fused-ring (bicyclic) bond motifs is 1. The first-order chi connectivity index (χ1) is 9.12. The summed E-state index contributed by atoms with van der Waals surface area (Å²) in [5, 5.41) is 0. The van der Waals surface area contributed by atoms with Crippen LogP contribution in [0.5, 0.6) is 5.75 Å². The first-order valence-electron chi connectivity index (χ1n) is 6.07. The van der Waals surface area contributed by atoms with Crippen molar-refractivity contribution in [1.29, 1.82) is 0 Å². The van der Waals surface area contributed by atoms with Gasteiger partial charge in [0.25, 0.3) is 0 Å². The fourth-order valence-electron chi connectivity index (χ4n) is 2.56. The zero-order valence-electron chi connectivity index (χ0n) is 10.5. The van der Waals surface area contributed by atoms with E-state index >= 15 is 0 Å². The van der Waals surface area contributed by atoms with E-state index in [0.717, 1.165) is 16.9 Å². The van der Waals surface area contributed by atoms with Gasteiger partial charge in [0.15, 0.2) is 9.84 Å². The van der Waals surface area contributed by atoms with Gasteiger partial charge in [-0.2, -0.15) is 0 Å². The molecule has 0 bridgehead atoms. The summed E-state index contributed by atoms with van der Waals surface area (Å²) in [6.45, 7) is 0. The minimum absolute atomic E-state index is 0.0768. The molecule has 3 rings (SSSR count). The van der Waals surface area contributed by atoms with E-state index in [4.69, 9.17) is 4.74 Å². The van der Waals surface area contributed by atoms with Crippen LogP contribution in [0, 0.1) is 0 Å². The van der Waals surface area contributed by atoms with E-state index in [1.807, 2.05) is 36.4 Å². The summed E-state index contributed by atoms with van der Waals surface area (Å²) in [5.41, 5.74) is 1.90. The lowest BCUT2D eigenvalue weighted by atomic mass is 9.93. The third-order valence-electron chi connectivity index (χ3n) is 3.53. The molecule has 0 N–H and O–H groups in total. The van der Waals surface area contributed by atoms with E-state index in [-0.39, 0.29) is 11.7 Å². The largest absolute Gasteiger partial charge is 0.497 e. The maximum atomic E-state index is 12.1. The minimum atomic E-state index is -3.15. The first kappa shape index (κ1) is 12.2. The van der Waals surface area contributed by atoms with Gasteiger partial charge < -0.3 is 4.74 Å². The average molecular weight is 274 g/mol. The van der Waals surface area contributed by atoms with E-state index in [1.54, 1.807) is 19.2 Å². The molecule has 98 valence electrons. The minimum Gasteiger partial charge on any atom is -0.497 e. The number of rotatable bonds is 2. The van der Waals surface area contributed by atoms with Crippen LogP contribution in [0.3, 0.4) is 0 Å². The molecule has 0 saturated heterocycles. The molecule has 1 aliphatic heterocycles. The highest BCUT2D eigenvalue weighted by Gasteiger charge is 2.34. The smallest absolute Gasteiger partial charge is 0.179 e. The van der Waals surface area contributed by atoms with Gasteiger partial charge in [-0.05, 0) is 29.3 Å². The topological polar surface area (TPSA) is 43.4 Å². The molecule has 2 aromatic rings. The molecule has 3 nitrogen and oxygen atoms in total. The Morgan fingerprint density at radius 2 is 1.74 bits per heavy atom. The van der Waals surface area contributed by atoms with Crippen LogP contribution in [0.25, 0.3) is 0 Å². The summed E-state index contributed by atoms with van der Waals surface area (Å²) in [5.74, 6) is 0.851. The molecule has 19 heavy (non-hydrogen) atoms. The van der Waals surface area contributed by atoms with Crippen LogP contribution in [0.2, 0.25) is 0 Å². The van der Waals surface area contributed by atoms with Crippen molar-refractivity contribution in [2.24, 2.45) is 0 Å². The van der Waals surface area contributed by atoms with Crippen LogP contribution < -0.4 is 4.74 Å². The fourth-order valence-corrected chi connectivity index (χ4v) is 4.41. The van der Waals surface area contributed by atoms with Crippen LogP contribution in [0.1, 0.15) is 17.0 Å². The molecule has 1 atom stereocenters. The SMILES string of the molecule is COc1ccc(C2CS(=O)(=O)c3ccccc32)cc1. The quantitative estimate of drug-likeness (QED) is 0.845. The van der Waals surface area contributed by atoms with E-state index in [2.05, 4.69) is 0 Å². The Morgan fingerprint density at radius 1 is 1.05 bits per heavy atom. The van der Waals surface area contributed by atoms with Crippen molar-refractivity contribution < 1.29 is 13.2 Å². The maximum Gasteiger partial charge on any atom is 0.179 e. The Bertz CT molecular complexity index is 702. The second-order valence-electron chi connectivity index (χ2n) is 4.64. The van der Waals surface area contributed by atoms with Gasteiger partial charge in [-0.1, -0.05) is 30.3 Å². The summed E-state index contributed by atoms with van der Waals surface area (Å²) < 4.78 is 29.4. The Balaban J connectivity index is 2.08. The summed E-state index contributed by atoms with van der Waals surface area (Å²) in [6, 6.07) is 14.8. The van der Waals surface area contributed by atoms with Gasteiger partial charge in [0.1, 0.15) is 5.75 Å². The van der Waals surface area contributed by atoms with Crippen LogP contribution in [-0.4, -0.2) is 21.3 Å². The van der Waals surface area contributed by atoms with Crippen LogP contribution in [-0.2, 0) is 9.84 Å². The van der Waals surface area contributed by atoms with Crippen LogP contribution in [0.4, 0.5) is 0 Å². The maximum absolute atomic E-state index is 12.1. The van der Waals surface area contributed by atoms with Crippen molar-refractivity contribution in [2.45, 2.75) is 10.8 Å². The second kappa shape index (κ2) is 4.38. The normalized spacial score (nSPS) is 19.9. The van der Waals surface area contributed by atoms with Crippen molar-refractivity contribution in [2.75, 3.05) is 12.9 Å². The molecular weight excluding hydrogens is 260 g/mol. The number of sulfone groups is 1. The van der Waals surface area contributed by atoms with Crippen molar-refractivity contribution >= 4 is 9.84 Å². The van der Waals surface area contributed by atoms with E-state index in [0.29, 0.717) is 4.90 Å². The molecule has 0 aromatic heterocycles. The van der Waals surface area contributed by atoms with Crippen molar-refractivity contribution in [3.63, 3.8) is 0 Å². The molecule has 0 aliphatic carbocycles. The molecule has 1 heterocycles. The molecule has 0 fully saturated rings. The van der Waals surface area contributed by atoms with E-state index in [9.17, 15) is 8.42 Å². The second-order valence-corrected chi connectivity index (χ2v) is 6.65.